The van der Waals surface area contributed by atoms with Crippen LogP contribution >= 0.6 is 0 Å². The van der Waals surface area contributed by atoms with Crippen LogP contribution < -0.4 is 5.48 Å². The number of hydrogen-bond donors (Lipinski definition) is 1. The van der Waals surface area contributed by atoms with Gasteiger partial charge in [-0.2, -0.15) is 0 Å². The van der Waals surface area contributed by atoms with Gasteiger partial charge in [0, 0.05) is 11.1 Å². The molecule has 4 rings (SSSR count). The van der Waals surface area contributed by atoms with Crippen LogP contribution in [0, 0.1) is 0 Å². The lowest BCUT2D eigenvalue weighted by Crippen LogP contribution is -2.13. The predicted octanol–water partition coefficient (Wildman–Crippen LogP) is 4.30. The fourth-order valence-corrected chi connectivity index (χ4v) is 2.70. The summed E-state index contributed by atoms with van der Waals surface area (Å²) in [6, 6.07) is 20.8. The number of fused-ring (bicyclic) bond motifs is 2. The third kappa shape index (κ3) is 1.76. The van der Waals surface area contributed by atoms with Crippen molar-refractivity contribution in [1.82, 2.24) is 0 Å². The first-order valence-corrected chi connectivity index (χ1v) is 6.58. The highest BCUT2D eigenvalue weighted by atomic mass is 17.3. The molecule has 1 aliphatic heterocycles. The second-order valence-corrected chi connectivity index (χ2v) is 4.82. The summed E-state index contributed by atoms with van der Waals surface area (Å²) in [5.41, 5.74) is 7.31. The standard InChI is InChI=1S/C17H13NO2/c1-2-6-12(7-3-1)16-15-9-5-4-8-13(15)10-14-11-19-20-18-17(14)16/h1-10,18H,11H2. The first-order valence-electron chi connectivity index (χ1n) is 6.58. The van der Waals surface area contributed by atoms with Crippen LogP contribution in [-0.2, 0) is 16.5 Å². The van der Waals surface area contributed by atoms with Crippen LogP contribution in [0.3, 0.4) is 0 Å². The minimum Gasteiger partial charge on any atom is -0.234 e. The van der Waals surface area contributed by atoms with Crippen LogP contribution in [0.5, 0.6) is 0 Å². The molecule has 0 radical (unpaired) electrons. The highest BCUT2D eigenvalue weighted by molar-refractivity contribution is 6.03. The molecular weight excluding hydrogens is 250 g/mol. The van der Waals surface area contributed by atoms with Crippen molar-refractivity contribution in [3.05, 3.63) is 66.2 Å². The zero-order valence-corrected chi connectivity index (χ0v) is 10.8. The quantitative estimate of drug-likeness (QED) is 0.664. The molecule has 20 heavy (non-hydrogen) atoms. The fraction of sp³-hybridized carbons (Fsp3) is 0.0588. The SMILES string of the molecule is c1ccc(-c2c3c(cc4ccccc24)COON3)cc1. The molecule has 1 aliphatic rings. The lowest BCUT2D eigenvalue weighted by Gasteiger charge is -2.22. The second-order valence-electron chi connectivity index (χ2n) is 4.82. The van der Waals surface area contributed by atoms with E-state index in [-0.39, 0.29) is 0 Å². The van der Waals surface area contributed by atoms with E-state index in [0.717, 1.165) is 16.8 Å². The summed E-state index contributed by atoms with van der Waals surface area (Å²) in [7, 11) is 0. The molecule has 0 amide bonds. The lowest BCUT2D eigenvalue weighted by atomic mass is 9.93. The maximum Gasteiger partial charge on any atom is 0.112 e. The molecule has 98 valence electrons. The van der Waals surface area contributed by atoms with Gasteiger partial charge >= 0.3 is 0 Å². The zero-order valence-electron chi connectivity index (χ0n) is 10.8. The zero-order chi connectivity index (χ0) is 13.4. The molecule has 0 saturated carbocycles. The largest absolute Gasteiger partial charge is 0.234 e. The average molecular weight is 263 g/mol. The van der Waals surface area contributed by atoms with Gasteiger partial charge in [-0.15, -0.1) is 4.99 Å². The Hall–Kier alpha value is -2.36. The minimum absolute atomic E-state index is 0.451. The molecule has 1 N–H and O–H groups in total. The summed E-state index contributed by atoms with van der Waals surface area (Å²) in [6.45, 7) is 0.451. The maximum absolute atomic E-state index is 5.02. The summed E-state index contributed by atoms with van der Waals surface area (Å²) in [5.74, 6) is 0. The van der Waals surface area contributed by atoms with Gasteiger partial charge in [0.1, 0.15) is 6.61 Å². The summed E-state index contributed by atoms with van der Waals surface area (Å²) in [6.07, 6.45) is 0. The molecule has 0 saturated heterocycles. The van der Waals surface area contributed by atoms with Crippen LogP contribution in [-0.4, -0.2) is 0 Å². The van der Waals surface area contributed by atoms with E-state index in [2.05, 4.69) is 47.9 Å². The van der Waals surface area contributed by atoms with Crippen molar-refractivity contribution in [2.24, 2.45) is 0 Å². The van der Waals surface area contributed by atoms with Gasteiger partial charge in [-0.3, -0.25) is 0 Å². The van der Waals surface area contributed by atoms with Crippen molar-refractivity contribution >= 4 is 16.5 Å². The van der Waals surface area contributed by atoms with Gasteiger partial charge in [0.2, 0.25) is 0 Å². The molecule has 3 nitrogen and oxygen atoms in total. The van der Waals surface area contributed by atoms with Crippen LogP contribution in [0.4, 0.5) is 5.69 Å². The van der Waals surface area contributed by atoms with E-state index >= 15 is 0 Å². The minimum atomic E-state index is 0.451. The Morgan fingerprint density at radius 2 is 1.70 bits per heavy atom. The van der Waals surface area contributed by atoms with E-state index in [4.69, 9.17) is 9.88 Å². The van der Waals surface area contributed by atoms with Crippen LogP contribution in [0.2, 0.25) is 0 Å². The van der Waals surface area contributed by atoms with Crippen molar-refractivity contribution in [2.75, 3.05) is 5.48 Å². The predicted molar refractivity (Wildman–Crippen MR) is 78.9 cm³/mol. The number of hydrogen-bond acceptors (Lipinski definition) is 3. The molecule has 0 aromatic heterocycles. The van der Waals surface area contributed by atoms with Gasteiger partial charge in [-0.05, 0) is 22.4 Å². The van der Waals surface area contributed by atoms with Crippen LogP contribution in [0.15, 0.2) is 60.7 Å². The lowest BCUT2D eigenvalue weighted by molar-refractivity contribution is -0.288. The average Bonchev–Trinajstić information content (AvgIpc) is 2.53. The van der Waals surface area contributed by atoms with Crippen molar-refractivity contribution < 1.29 is 9.88 Å². The Bertz CT molecular complexity index is 769. The fourth-order valence-electron chi connectivity index (χ4n) is 2.70. The van der Waals surface area contributed by atoms with Crippen molar-refractivity contribution in [1.29, 1.82) is 0 Å². The molecule has 1 heterocycles. The van der Waals surface area contributed by atoms with Crippen LogP contribution in [0.25, 0.3) is 21.9 Å². The van der Waals surface area contributed by atoms with Crippen molar-refractivity contribution in [3.63, 3.8) is 0 Å². The van der Waals surface area contributed by atoms with E-state index < -0.39 is 0 Å². The molecule has 3 aromatic rings. The van der Waals surface area contributed by atoms with E-state index in [0.29, 0.717) is 6.61 Å². The van der Waals surface area contributed by atoms with E-state index in [1.54, 1.807) is 0 Å². The van der Waals surface area contributed by atoms with Crippen molar-refractivity contribution in [3.8, 4) is 11.1 Å². The number of benzene rings is 3. The third-order valence-electron chi connectivity index (χ3n) is 3.61. The molecule has 0 aliphatic carbocycles. The van der Waals surface area contributed by atoms with Crippen molar-refractivity contribution in [2.45, 2.75) is 6.61 Å². The molecule has 0 spiro atoms. The van der Waals surface area contributed by atoms with Gasteiger partial charge in [0.15, 0.2) is 0 Å². The Morgan fingerprint density at radius 1 is 0.900 bits per heavy atom. The van der Waals surface area contributed by atoms with Gasteiger partial charge in [-0.25, -0.2) is 10.4 Å². The molecular formula is C17H13NO2. The molecule has 0 fully saturated rings. The maximum atomic E-state index is 5.02. The summed E-state index contributed by atoms with van der Waals surface area (Å²) in [5, 5.41) is 2.41. The highest BCUT2D eigenvalue weighted by Gasteiger charge is 2.18. The first-order chi connectivity index (χ1) is 9.93. The van der Waals surface area contributed by atoms with Gasteiger partial charge in [-0.1, -0.05) is 54.6 Å². The molecule has 0 atom stereocenters. The second kappa shape index (κ2) is 4.63. The Kier molecular flexibility index (Phi) is 2.66. The van der Waals surface area contributed by atoms with Gasteiger partial charge in [0.05, 0.1) is 5.69 Å². The van der Waals surface area contributed by atoms with E-state index in [1.807, 2.05) is 18.2 Å². The Labute approximate surface area is 116 Å². The smallest absolute Gasteiger partial charge is 0.112 e. The van der Waals surface area contributed by atoms with E-state index in [9.17, 15) is 0 Å². The van der Waals surface area contributed by atoms with Crippen LogP contribution in [0.1, 0.15) is 5.56 Å². The first kappa shape index (κ1) is 11.5. The summed E-state index contributed by atoms with van der Waals surface area (Å²) in [4.78, 5) is 9.98. The summed E-state index contributed by atoms with van der Waals surface area (Å²) >= 11 is 0. The number of anilines is 1. The Balaban J connectivity index is 2.10. The third-order valence-corrected chi connectivity index (χ3v) is 3.61. The van der Waals surface area contributed by atoms with E-state index in [1.165, 1.54) is 16.3 Å². The monoisotopic (exact) mass is 263 g/mol. The normalized spacial score (nSPS) is 13.8. The number of rotatable bonds is 1. The summed E-state index contributed by atoms with van der Waals surface area (Å²) < 4.78 is 0. The topological polar surface area (TPSA) is 30.5 Å². The van der Waals surface area contributed by atoms with Gasteiger partial charge < -0.3 is 0 Å². The van der Waals surface area contributed by atoms with Gasteiger partial charge in [0.25, 0.3) is 0 Å². The molecule has 3 heteroatoms. The highest BCUT2D eigenvalue weighted by Crippen LogP contribution is 2.39. The molecule has 0 unspecified atom stereocenters. The molecule has 3 aromatic carbocycles. The Morgan fingerprint density at radius 3 is 2.60 bits per heavy atom. The number of nitrogens with one attached hydrogen (secondary N) is 1. The molecule has 0 bridgehead atoms.